The first-order chi connectivity index (χ1) is 9.19. The molecule has 1 aliphatic carbocycles. The number of halogens is 1. The van der Waals surface area contributed by atoms with Gasteiger partial charge < -0.3 is 10.2 Å². The van der Waals surface area contributed by atoms with Crippen molar-refractivity contribution >= 4 is 17.3 Å². The van der Waals surface area contributed by atoms with E-state index in [1.807, 2.05) is 0 Å². The molecule has 1 heterocycles. The van der Waals surface area contributed by atoms with Crippen LogP contribution in [0.25, 0.3) is 0 Å². The van der Waals surface area contributed by atoms with E-state index in [-0.39, 0.29) is 0 Å². The molecule has 0 radical (unpaired) electrons. The standard InChI is InChI=1S/C16H23ClN2/c1-3-18-11(2)15-7-6-14(9-16(15)17)19-10-12-4-5-13(19)8-12/h6-7,9,11-13,18H,3-5,8,10H2,1-2H3. The Kier molecular flexibility index (Phi) is 3.72. The molecule has 2 bridgehead atoms. The van der Waals surface area contributed by atoms with Crippen LogP contribution in [0.15, 0.2) is 18.2 Å². The lowest BCUT2D eigenvalue weighted by molar-refractivity contribution is 0.553. The number of hydrogen-bond acceptors (Lipinski definition) is 2. The Morgan fingerprint density at radius 1 is 1.42 bits per heavy atom. The molecular weight excluding hydrogens is 256 g/mol. The van der Waals surface area contributed by atoms with Crippen LogP contribution in [0.3, 0.4) is 0 Å². The summed E-state index contributed by atoms with van der Waals surface area (Å²) in [6.07, 6.45) is 4.16. The fourth-order valence-electron chi connectivity index (χ4n) is 3.70. The first-order valence-electron chi connectivity index (χ1n) is 7.48. The van der Waals surface area contributed by atoms with E-state index in [4.69, 9.17) is 11.6 Å². The first-order valence-corrected chi connectivity index (χ1v) is 7.86. The minimum Gasteiger partial charge on any atom is -0.368 e. The van der Waals surface area contributed by atoms with Gasteiger partial charge in [-0.2, -0.15) is 0 Å². The van der Waals surface area contributed by atoms with Crippen molar-refractivity contribution in [2.24, 2.45) is 5.92 Å². The van der Waals surface area contributed by atoms with E-state index in [1.165, 1.54) is 37.1 Å². The second kappa shape index (κ2) is 5.34. The highest BCUT2D eigenvalue weighted by Crippen LogP contribution is 2.41. The van der Waals surface area contributed by atoms with Crippen molar-refractivity contribution in [2.75, 3.05) is 18.0 Å². The molecule has 0 amide bonds. The van der Waals surface area contributed by atoms with Gasteiger partial charge in [0.15, 0.2) is 0 Å². The predicted octanol–water partition coefficient (Wildman–Crippen LogP) is 4.00. The zero-order valence-corrected chi connectivity index (χ0v) is 12.6. The maximum Gasteiger partial charge on any atom is 0.0474 e. The maximum absolute atomic E-state index is 6.47. The van der Waals surface area contributed by atoms with Crippen LogP contribution < -0.4 is 10.2 Å². The van der Waals surface area contributed by atoms with Gasteiger partial charge in [0.25, 0.3) is 0 Å². The number of anilines is 1. The van der Waals surface area contributed by atoms with Gasteiger partial charge in [-0.3, -0.25) is 0 Å². The van der Waals surface area contributed by atoms with Gasteiger partial charge >= 0.3 is 0 Å². The third-order valence-electron chi connectivity index (χ3n) is 4.70. The Morgan fingerprint density at radius 3 is 2.84 bits per heavy atom. The van der Waals surface area contributed by atoms with Crippen LogP contribution in [0, 0.1) is 5.92 Å². The van der Waals surface area contributed by atoms with Gasteiger partial charge in [0, 0.05) is 29.3 Å². The summed E-state index contributed by atoms with van der Waals surface area (Å²) >= 11 is 6.47. The van der Waals surface area contributed by atoms with Crippen LogP contribution in [-0.2, 0) is 0 Å². The lowest BCUT2D eigenvalue weighted by Crippen LogP contribution is -2.31. The Hall–Kier alpha value is -0.730. The molecule has 1 saturated carbocycles. The van der Waals surface area contributed by atoms with Crippen molar-refractivity contribution < 1.29 is 0 Å². The quantitative estimate of drug-likeness (QED) is 0.896. The zero-order chi connectivity index (χ0) is 13.4. The van der Waals surface area contributed by atoms with Gasteiger partial charge in [-0.25, -0.2) is 0 Å². The van der Waals surface area contributed by atoms with E-state index in [0.29, 0.717) is 6.04 Å². The highest BCUT2D eigenvalue weighted by atomic mass is 35.5. The van der Waals surface area contributed by atoms with Crippen molar-refractivity contribution in [3.05, 3.63) is 28.8 Å². The van der Waals surface area contributed by atoms with Crippen LogP contribution in [0.1, 0.15) is 44.7 Å². The summed E-state index contributed by atoms with van der Waals surface area (Å²) in [6, 6.07) is 7.68. The number of piperidine rings is 1. The fourth-order valence-corrected chi connectivity index (χ4v) is 4.04. The van der Waals surface area contributed by atoms with Crippen LogP contribution in [0.4, 0.5) is 5.69 Å². The molecule has 1 N–H and O–H groups in total. The van der Waals surface area contributed by atoms with Gasteiger partial charge in [-0.1, -0.05) is 24.6 Å². The molecule has 0 spiro atoms. The molecule has 1 aliphatic heterocycles. The highest BCUT2D eigenvalue weighted by Gasteiger charge is 2.37. The van der Waals surface area contributed by atoms with Crippen molar-refractivity contribution in [3.63, 3.8) is 0 Å². The molecule has 1 aromatic carbocycles. The van der Waals surface area contributed by atoms with Crippen molar-refractivity contribution in [1.82, 2.24) is 5.32 Å². The third-order valence-corrected chi connectivity index (χ3v) is 5.03. The minimum atomic E-state index is 0.321. The van der Waals surface area contributed by atoms with E-state index in [1.54, 1.807) is 0 Å². The molecule has 3 heteroatoms. The summed E-state index contributed by atoms with van der Waals surface area (Å²) < 4.78 is 0. The zero-order valence-electron chi connectivity index (χ0n) is 11.8. The molecule has 1 aromatic rings. The van der Waals surface area contributed by atoms with Crippen molar-refractivity contribution in [3.8, 4) is 0 Å². The molecule has 1 saturated heterocycles. The van der Waals surface area contributed by atoms with Gasteiger partial charge in [-0.15, -0.1) is 0 Å². The topological polar surface area (TPSA) is 15.3 Å². The molecular formula is C16H23ClN2. The average molecular weight is 279 g/mol. The SMILES string of the molecule is CCNC(C)c1ccc(N2CC3CCC2C3)cc1Cl. The first kappa shape index (κ1) is 13.3. The largest absolute Gasteiger partial charge is 0.368 e. The highest BCUT2D eigenvalue weighted by molar-refractivity contribution is 6.31. The van der Waals surface area contributed by atoms with Crippen LogP contribution in [-0.4, -0.2) is 19.1 Å². The minimum absolute atomic E-state index is 0.321. The van der Waals surface area contributed by atoms with E-state index < -0.39 is 0 Å². The van der Waals surface area contributed by atoms with Gasteiger partial charge in [0.2, 0.25) is 0 Å². The second-order valence-electron chi connectivity index (χ2n) is 5.97. The van der Waals surface area contributed by atoms with Crippen LogP contribution in [0.5, 0.6) is 0 Å². The van der Waals surface area contributed by atoms with E-state index in [0.717, 1.165) is 23.5 Å². The van der Waals surface area contributed by atoms with Gasteiger partial charge in [0.05, 0.1) is 0 Å². The third kappa shape index (κ3) is 2.48. The smallest absolute Gasteiger partial charge is 0.0474 e. The molecule has 19 heavy (non-hydrogen) atoms. The molecule has 3 unspecified atom stereocenters. The summed E-state index contributed by atoms with van der Waals surface area (Å²) in [6.45, 7) is 6.49. The molecule has 2 fully saturated rings. The summed E-state index contributed by atoms with van der Waals surface area (Å²) in [5.41, 5.74) is 2.52. The Morgan fingerprint density at radius 2 is 2.26 bits per heavy atom. The van der Waals surface area contributed by atoms with Gasteiger partial charge in [-0.05, 0) is 56.3 Å². The summed E-state index contributed by atoms with van der Waals surface area (Å²) in [5, 5.41) is 4.32. The number of nitrogens with one attached hydrogen (secondary N) is 1. The molecule has 104 valence electrons. The fraction of sp³-hybridized carbons (Fsp3) is 0.625. The van der Waals surface area contributed by atoms with Crippen molar-refractivity contribution in [2.45, 2.75) is 45.2 Å². The molecule has 2 aliphatic rings. The summed E-state index contributed by atoms with van der Waals surface area (Å²) in [4.78, 5) is 2.56. The Bertz CT molecular complexity index is 460. The normalized spacial score (nSPS) is 27.0. The number of fused-ring (bicyclic) bond motifs is 2. The lowest BCUT2D eigenvalue weighted by Gasteiger charge is -2.30. The van der Waals surface area contributed by atoms with E-state index in [9.17, 15) is 0 Å². The number of benzene rings is 1. The summed E-state index contributed by atoms with van der Waals surface area (Å²) in [7, 11) is 0. The number of hydrogen-bond donors (Lipinski definition) is 1. The second-order valence-corrected chi connectivity index (χ2v) is 6.38. The molecule has 0 aromatic heterocycles. The lowest BCUT2D eigenvalue weighted by atomic mass is 10.1. The van der Waals surface area contributed by atoms with Crippen molar-refractivity contribution in [1.29, 1.82) is 0 Å². The van der Waals surface area contributed by atoms with Crippen LogP contribution >= 0.6 is 11.6 Å². The Labute approximate surface area is 121 Å². The predicted molar refractivity (Wildman–Crippen MR) is 82.0 cm³/mol. The average Bonchev–Trinajstić information content (AvgIpc) is 3.01. The van der Waals surface area contributed by atoms with E-state index in [2.05, 4.69) is 42.3 Å². The Balaban J connectivity index is 1.79. The number of nitrogens with zero attached hydrogens (tertiary/aromatic N) is 1. The molecule has 3 rings (SSSR count). The molecule has 3 atom stereocenters. The number of rotatable bonds is 4. The summed E-state index contributed by atoms with van der Waals surface area (Å²) in [5.74, 6) is 0.920. The monoisotopic (exact) mass is 278 g/mol. The van der Waals surface area contributed by atoms with Crippen LogP contribution in [0.2, 0.25) is 5.02 Å². The maximum atomic E-state index is 6.47. The van der Waals surface area contributed by atoms with E-state index >= 15 is 0 Å². The van der Waals surface area contributed by atoms with Gasteiger partial charge in [0.1, 0.15) is 0 Å². The molecule has 2 nitrogen and oxygen atoms in total.